The van der Waals surface area contributed by atoms with Crippen LogP contribution in [0.1, 0.15) is 28.9 Å². The molecule has 0 aliphatic rings. The van der Waals surface area contributed by atoms with Crippen molar-refractivity contribution in [3.05, 3.63) is 90.5 Å². The minimum absolute atomic E-state index is 0.116. The van der Waals surface area contributed by atoms with E-state index in [2.05, 4.69) is 15.3 Å². The maximum atomic E-state index is 12.6. The summed E-state index contributed by atoms with van der Waals surface area (Å²) in [5.41, 5.74) is 4.29. The van der Waals surface area contributed by atoms with Crippen LogP contribution in [0.25, 0.3) is 16.9 Å². The molecule has 0 aliphatic heterocycles. The standard InChI is InChI=1S/C21H18N4O/c1-15(17-8-5-11-22-12-17)23-21(26)18-9-10-20-24-19(14-25(20)13-18)16-6-3-2-4-7-16/h2-15H,1H3,(H,23,26)/t15-/m0/s1. The highest BCUT2D eigenvalue weighted by molar-refractivity contribution is 5.94. The van der Waals surface area contributed by atoms with Gasteiger partial charge in [0.15, 0.2) is 0 Å². The van der Waals surface area contributed by atoms with Crippen molar-refractivity contribution in [3.63, 3.8) is 0 Å². The van der Waals surface area contributed by atoms with Crippen LogP contribution in [0.3, 0.4) is 0 Å². The zero-order valence-corrected chi connectivity index (χ0v) is 14.3. The third-order valence-corrected chi connectivity index (χ3v) is 4.31. The van der Waals surface area contributed by atoms with Gasteiger partial charge in [-0.3, -0.25) is 9.78 Å². The fraction of sp³-hybridized carbons (Fsp3) is 0.0952. The van der Waals surface area contributed by atoms with E-state index >= 15 is 0 Å². The van der Waals surface area contributed by atoms with E-state index in [1.807, 2.05) is 66.1 Å². The Morgan fingerprint density at radius 3 is 2.65 bits per heavy atom. The molecule has 1 amide bonds. The van der Waals surface area contributed by atoms with Gasteiger partial charge in [-0.25, -0.2) is 4.98 Å². The molecule has 0 radical (unpaired) electrons. The quantitative estimate of drug-likeness (QED) is 0.612. The summed E-state index contributed by atoms with van der Waals surface area (Å²) in [5.74, 6) is -0.127. The Labute approximate surface area is 151 Å². The van der Waals surface area contributed by atoms with Gasteiger partial charge in [0, 0.05) is 30.4 Å². The van der Waals surface area contributed by atoms with Crippen LogP contribution < -0.4 is 5.32 Å². The van der Waals surface area contributed by atoms with Gasteiger partial charge < -0.3 is 9.72 Å². The molecule has 0 saturated heterocycles. The zero-order valence-electron chi connectivity index (χ0n) is 14.3. The summed E-state index contributed by atoms with van der Waals surface area (Å²) >= 11 is 0. The molecule has 1 aromatic carbocycles. The number of rotatable bonds is 4. The molecule has 1 N–H and O–H groups in total. The van der Waals surface area contributed by atoms with Crippen molar-refractivity contribution in [1.29, 1.82) is 0 Å². The van der Waals surface area contributed by atoms with Crippen LogP contribution in [0.15, 0.2) is 79.4 Å². The van der Waals surface area contributed by atoms with Gasteiger partial charge in [0.2, 0.25) is 0 Å². The second-order valence-corrected chi connectivity index (χ2v) is 6.16. The van der Waals surface area contributed by atoms with E-state index in [0.717, 1.165) is 22.5 Å². The SMILES string of the molecule is C[C@H](NC(=O)c1ccc2nc(-c3ccccc3)cn2c1)c1cccnc1. The molecule has 3 aromatic heterocycles. The summed E-state index contributed by atoms with van der Waals surface area (Å²) < 4.78 is 1.88. The number of carbonyl (C=O) groups excluding carboxylic acids is 1. The summed E-state index contributed by atoms with van der Waals surface area (Å²) in [7, 11) is 0. The maximum Gasteiger partial charge on any atom is 0.253 e. The van der Waals surface area contributed by atoms with Crippen LogP contribution >= 0.6 is 0 Å². The average Bonchev–Trinajstić information content (AvgIpc) is 3.12. The molecule has 26 heavy (non-hydrogen) atoms. The topological polar surface area (TPSA) is 59.3 Å². The molecule has 4 rings (SSSR count). The van der Waals surface area contributed by atoms with Crippen LogP contribution in [0.2, 0.25) is 0 Å². The van der Waals surface area contributed by atoms with Crippen molar-refractivity contribution in [2.45, 2.75) is 13.0 Å². The number of amides is 1. The number of pyridine rings is 2. The molecule has 0 unspecified atom stereocenters. The highest BCUT2D eigenvalue weighted by Crippen LogP contribution is 2.19. The fourth-order valence-corrected chi connectivity index (χ4v) is 2.87. The summed E-state index contributed by atoms with van der Waals surface area (Å²) in [5, 5.41) is 3.00. The summed E-state index contributed by atoms with van der Waals surface area (Å²) in [6.07, 6.45) is 7.22. The summed E-state index contributed by atoms with van der Waals surface area (Å²) in [6.45, 7) is 1.94. The minimum Gasteiger partial charge on any atom is -0.345 e. The molecule has 0 aliphatic carbocycles. The van der Waals surface area contributed by atoms with E-state index in [1.165, 1.54) is 0 Å². The lowest BCUT2D eigenvalue weighted by Crippen LogP contribution is -2.26. The van der Waals surface area contributed by atoms with Crippen molar-refractivity contribution in [1.82, 2.24) is 19.7 Å². The second-order valence-electron chi connectivity index (χ2n) is 6.16. The Morgan fingerprint density at radius 1 is 1.04 bits per heavy atom. The van der Waals surface area contributed by atoms with Gasteiger partial charge in [-0.05, 0) is 30.7 Å². The molecule has 1 atom stereocenters. The van der Waals surface area contributed by atoms with E-state index in [0.29, 0.717) is 5.56 Å². The van der Waals surface area contributed by atoms with Gasteiger partial charge in [0.05, 0.1) is 17.3 Å². The van der Waals surface area contributed by atoms with Crippen LogP contribution in [-0.2, 0) is 0 Å². The number of hydrogen-bond acceptors (Lipinski definition) is 3. The smallest absolute Gasteiger partial charge is 0.253 e. The van der Waals surface area contributed by atoms with Crippen molar-refractivity contribution in [2.75, 3.05) is 0 Å². The zero-order chi connectivity index (χ0) is 17.9. The molecule has 0 saturated carbocycles. The maximum absolute atomic E-state index is 12.6. The monoisotopic (exact) mass is 342 g/mol. The van der Waals surface area contributed by atoms with Crippen molar-refractivity contribution in [2.24, 2.45) is 0 Å². The Kier molecular flexibility index (Phi) is 4.19. The Hall–Kier alpha value is -3.47. The van der Waals surface area contributed by atoms with E-state index in [1.54, 1.807) is 24.7 Å². The summed E-state index contributed by atoms with van der Waals surface area (Å²) in [4.78, 5) is 21.3. The third kappa shape index (κ3) is 3.19. The molecule has 0 fully saturated rings. The highest BCUT2D eigenvalue weighted by Gasteiger charge is 2.13. The molecule has 0 bridgehead atoms. The number of aromatic nitrogens is 3. The lowest BCUT2D eigenvalue weighted by molar-refractivity contribution is 0.0939. The predicted octanol–water partition coefficient (Wildman–Crippen LogP) is 3.89. The van der Waals surface area contributed by atoms with Gasteiger partial charge in [0.1, 0.15) is 5.65 Å². The Morgan fingerprint density at radius 2 is 1.88 bits per heavy atom. The first kappa shape index (κ1) is 16.0. The fourth-order valence-electron chi connectivity index (χ4n) is 2.87. The molecule has 3 heterocycles. The van der Waals surface area contributed by atoms with Crippen molar-refractivity contribution >= 4 is 11.6 Å². The van der Waals surface area contributed by atoms with E-state index in [-0.39, 0.29) is 11.9 Å². The normalized spacial score (nSPS) is 12.0. The lowest BCUT2D eigenvalue weighted by Gasteiger charge is -2.13. The second kappa shape index (κ2) is 6.80. The first-order chi connectivity index (χ1) is 12.7. The Balaban J connectivity index is 1.58. The molecule has 4 aromatic rings. The molecule has 5 nitrogen and oxygen atoms in total. The third-order valence-electron chi connectivity index (χ3n) is 4.31. The number of nitrogens with one attached hydrogen (secondary N) is 1. The van der Waals surface area contributed by atoms with Gasteiger partial charge in [-0.2, -0.15) is 0 Å². The summed E-state index contributed by atoms with van der Waals surface area (Å²) in [6, 6.07) is 17.3. The Bertz CT molecular complexity index is 1040. The lowest BCUT2D eigenvalue weighted by atomic mass is 10.1. The predicted molar refractivity (Wildman–Crippen MR) is 101 cm³/mol. The highest BCUT2D eigenvalue weighted by atomic mass is 16.1. The first-order valence-electron chi connectivity index (χ1n) is 8.46. The molecule has 0 spiro atoms. The average molecular weight is 342 g/mol. The molecule has 128 valence electrons. The molecular weight excluding hydrogens is 324 g/mol. The number of hydrogen-bond donors (Lipinski definition) is 1. The molecular formula is C21H18N4O. The van der Waals surface area contributed by atoms with Gasteiger partial charge in [0.25, 0.3) is 5.91 Å². The largest absolute Gasteiger partial charge is 0.345 e. The van der Waals surface area contributed by atoms with E-state index < -0.39 is 0 Å². The number of imidazole rings is 1. The van der Waals surface area contributed by atoms with Crippen LogP contribution in [0.4, 0.5) is 0 Å². The van der Waals surface area contributed by atoms with E-state index in [4.69, 9.17) is 0 Å². The van der Waals surface area contributed by atoms with Crippen LogP contribution in [0.5, 0.6) is 0 Å². The van der Waals surface area contributed by atoms with Crippen LogP contribution in [0, 0.1) is 0 Å². The number of benzene rings is 1. The van der Waals surface area contributed by atoms with Crippen LogP contribution in [-0.4, -0.2) is 20.3 Å². The van der Waals surface area contributed by atoms with Gasteiger partial charge in [-0.15, -0.1) is 0 Å². The minimum atomic E-state index is -0.127. The van der Waals surface area contributed by atoms with E-state index in [9.17, 15) is 4.79 Å². The van der Waals surface area contributed by atoms with Gasteiger partial charge >= 0.3 is 0 Å². The van der Waals surface area contributed by atoms with Gasteiger partial charge in [-0.1, -0.05) is 36.4 Å². The first-order valence-corrected chi connectivity index (χ1v) is 8.46. The number of fused-ring (bicyclic) bond motifs is 1. The molecule has 5 heteroatoms. The number of nitrogens with zero attached hydrogens (tertiary/aromatic N) is 3. The van der Waals surface area contributed by atoms with Crippen molar-refractivity contribution < 1.29 is 4.79 Å². The van der Waals surface area contributed by atoms with Crippen molar-refractivity contribution in [3.8, 4) is 11.3 Å². The number of carbonyl (C=O) groups is 1.